The molecular formula is C68H43NO. The molecule has 0 radical (unpaired) electrons. The van der Waals surface area contributed by atoms with E-state index in [1.807, 2.05) is 0 Å². The molecule has 13 aromatic carbocycles. The van der Waals surface area contributed by atoms with Gasteiger partial charge in [0.25, 0.3) is 0 Å². The first-order valence-corrected chi connectivity index (χ1v) is 24.1. The molecule has 70 heavy (non-hydrogen) atoms. The average molecular weight is 890 g/mol. The van der Waals surface area contributed by atoms with Crippen LogP contribution in [0.5, 0.6) is 0 Å². The number of benzene rings is 13. The lowest BCUT2D eigenvalue weighted by atomic mass is 9.84. The van der Waals surface area contributed by atoms with Crippen molar-refractivity contribution >= 4 is 92.9 Å². The molecule has 0 atom stereocenters. The molecule has 14 rings (SSSR count). The fourth-order valence-electron chi connectivity index (χ4n) is 11.2. The topological polar surface area (TPSA) is 16.4 Å². The van der Waals surface area contributed by atoms with Crippen molar-refractivity contribution < 1.29 is 4.42 Å². The Morgan fingerprint density at radius 3 is 1.57 bits per heavy atom. The number of hydrogen-bond acceptors (Lipinski definition) is 2. The third-order valence-electron chi connectivity index (χ3n) is 14.4. The van der Waals surface area contributed by atoms with Gasteiger partial charge in [0.2, 0.25) is 0 Å². The summed E-state index contributed by atoms with van der Waals surface area (Å²) in [6.45, 7) is 0. The Hall–Kier alpha value is -9.24. The van der Waals surface area contributed by atoms with Gasteiger partial charge in [0, 0.05) is 32.9 Å². The van der Waals surface area contributed by atoms with Crippen molar-refractivity contribution in [1.82, 2.24) is 0 Å². The summed E-state index contributed by atoms with van der Waals surface area (Å²) in [4.78, 5) is 2.44. The van der Waals surface area contributed by atoms with Crippen molar-refractivity contribution in [2.24, 2.45) is 0 Å². The smallest absolute Gasteiger partial charge is 0.143 e. The second-order valence-electron chi connectivity index (χ2n) is 18.3. The van der Waals surface area contributed by atoms with E-state index < -0.39 is 0 Å². The molecule has 0 aliphatic heterocycles. The second-order valence-corrected chi connectivity index (χ2v) is 18.3. The standard InChI is InChI=1S/C68H43NO/c1-3-18-46(19-4-1)65-60-30-14-12-28-57(60)58-39-36-49(42-62(58)66(65)47-20-5-2-6-21-47)48-23-15-24-52(41-48)69(63-43-50-22-8-9-25-53(50)56-27-11-13-29-59(56)63)51-37-33-45(34-38-51)54-31-16-32-64-67(54)61-40-35-44-17-7-10-26-55(44)68(61)70-64/h1-43H. The zero-order valence-electron chi connectivity index (χ0n) is 38.2. The van der Waals surface area contributed by atoms with E-state index in [9.17, 15) is 0 Å². The number of anilines is 3. The van der Waals surface area contributed by atoms with E-state index in [-0.39, 0.29) is 0 Å². The Kier molecular flexibility index (Phi) is 9.25. The van der Waals surface area contributed by atoms with Gasteiger partial charge in [-0.05, 0) is 136 Å². The molecule has 0 saturated carbocycles. The third-order valence-corrected chi connectivity index (χ3v) is 14.4. The van der Waals surface area contributed by atoms with Gasteiger partial charge in [0.05, 0.1) is 5.69 Å². The highest BCUT2D eigenvalue weighted by atomic mass is 16.3. The van der Waals surface area contributed by atoms with Crippen LogP contribution in [0, 0.1) is 0 Å². The first-order chi connectivity index (χ1) is 34.7. The summed E-state index contributed by atoms with van der Waals surface area (Å²) < 4.78 is 6.62. The number of furan rings is 1. The van der Waals surface area contributed by atoms with Crippen LogP contribution in [-0.4, -0.2) is 0 Å². The van der Waals surface area contributed by atoms with Crippen LogP contribution in [0.3, 0.4) is 0 Å². The largest absolute Gasteiger partial charge is 0.455 e. The van der Waals surface area contributed by atoms with Gasteiger partial charge in [-0.15, -0.1) is 0 Å². The van der Waals surface area contributed by atoms with Crippen molar-refractivity contribution in [1.29, 1.82) is 0 Å². The lowest BCUT2D eigenvalue weighted by Crippen LogP contribution is -2.10. The highest BCUT2D eigenvalue weighted by Gasteiger charge is 2.22. The van der Waals surface area contributed by atoms with Crippen LogP contribution >= 0.6 is 0 Å². The quantitative estimate of drug-likeness (QED) is 0.148. The summed E-state index contributed by atoms with van der Waals surface area (Å²) in [6.07, 6.45) is 0. The molecule has 2 heteroatoms. The fourth-order valence-corrected chi connectivity index (χ4v) is 11.2. The monoisotopic (exact) mass is 889 g/mol. The van der Waals surface area contributed by atoms with E-state index in [2.05, 4.69) is 266 Å². The van der Waals surface area contributed by atoms with E-state index in [0.29, 0.717) is 0 Å². The molecule has 0 saturated heterocycles. The number of hydrogen-bond donors (Lipinski definition) is 0. The van der Waals surface area contributed by atoms with Gasteiger partial charge in [-0.3, -0.25) is 0 Å². The highest BCUT2D eigenvalue weighted by Crippen LogP contribution is 2.48. The van der Waals surface area contributed by atoms with Gasteiger partial charge in [-0.1, -0.05) is 212 Å². The molecule has 0 fully saturated rings. The molecule has 326 valence electrons. The molecule has 2 nitrogen and oxygen atoms in total. The SMILES string of the molecule is c1ccc(-c2c(-c3ccccc3)c3cc(-c4cccc(N(c5ccc(-c6cccc7oc8c9ccccc9ccc8c67)cc5)c5cc6ccccc6c6ccccc56)c4)ccc3c3ccccc23)cc1. The molecule has 0 aliphatic rings. The maximum Gasteiger partial charge on any atom is 0.143 e. The van der Waals surface area contributed by atoms with Crippen molar-refractivity contribution in [2.45, 2.75) is 0 Å². The molecule has 0 N–H and O–H groups in total. The third kappa shape index (κ3) is 6.42. The molecule has 0 aliphatic carbocycles. The maximum atomic E-state index is 6.62. The summed E-state index contributed by atoms with van der Waals surface area (Å²) in [5.41, 5.74) is 14.6. The van der Waals surface area contributed by atoms with Crippen LogP contribution in [0.1, 0.15) is 0 Å². The molecule has 0 amide bonds. The van der Waals surface area contributed by atoms with Gasteiger partial charge in [-0.2, -0.15) is 0 Å². The van der Waals surface area contributed by atoms with Crippen molar-refractivity contribution in [3.05, 3.63) is 261 Å². The van der Waals surface area contributed by atoms with Crippen LogP contribution in [-0.2, 0) is 0 Å². The number of fused-ring (bicyclic) bond motifs is 11. The molecule has 0 spiro atoms. The van der Waals surface area contributed by atoms with Crippen LogP contribution in [0.2, 0.25) is 0 Å². The first kappa shape index (κ1) is 39.9. The fraction of sp³-hybridized carbons (Fsp3) is 0. The van der Waals surface area contributed by atoms with Gasteiger partial charge in [0.1, 0.15) is 11.2 Å². The zero-order chi connectivity index (χ0) is 46.1. The van der Waals surface area contributed by atoms with Crippen LogP contribution in [0.15, 0.2) is 265 Å². The van der Waals surface area contributed by atoms with Gasteiger partial charge in [-0.25, -0.2) is 0 Å². The van der Waals surface area contributed by atoms with E-state index in [1.165, 1.54) is 70.7 Å². The predicted molar refractivity (Wildman–Crippen MR) is 298 cm³/mol. The Labute approximate surface area is 405 Å². The zero-order valence-corrected chi connectivity index (χ0v) is 38.2. The van der Waals surface area contributed by atoms with E-state index >= 15 is 0 Å². The molecule has 14 aromatic rings. The summed E-state index contributed by atoms with van der Waals surface area (Å²) in [5, 5.41) is 14.4. The minimum Gasteiger partial charge on any atom is -0.455 e. The molecule has 1 heterocycles. The summed E-state index contributed by atoms with van der Waals surface area (Å²) in [5.74, 6) is 0. The lowest BCUT2D eigenvalue weighted by Gasteiger charge is -2.28. The predicted octanol–water partition coefficient (Wildman–Crippen LogP) is 19.5. The van der Waals surface area contributed by atoms with Crippen molar-refractivity contribution in [3.63, 3.8) is 0 Å². The molecule has 1 aromatic heterocycles. The van der Waals surface area contributed by atoms with E-state index in [0.717, 1.165) is 66.6 Å². The Morgan fingerprint density at radius 1 is 0.271 bits per heavy atom. The summed E-state index contributed by atoms with van der Waals surface area (Å²) in [6, 6.07) is 95.1. The van der Waals surface area contributed by atoms with Crippen molar-refractivity contribution in [3.8, 4) is 44.5 Å². The molecule has 0 unspecified atom stereocenters. The summed E-state index contributed by atoms with van der Waals surface area (Å²) in [7, 11) is 0. The number of nitrogens with zero attached hydrogens (tertiary/aromatic N) is 1. The number of rotatable bonds is 7. The molecule has 0 bridgehead atoms. The minimum absolute atomic E-state index is 0.892. The van der Waals surface area contributed by atoms with Gasteiger partial charge < -0.3 is 9.32 Å². The van der Waals surface area contributed by atoms with Gasteiger partial charge in [0.15, 0.2) is 0 Å². The summed E-state index contributed by atoms with van der Waals surface area (Å²) >= 11 is 0. The minimum atomic E-state index is 0.892. The lowest BCUT2D eigenvalue weighted by molar-refractivity contribution is 0.673. The van der Waals surface area contributed by atoms with Crippen LogP contribution in [0.4, 0.5) is 17.1 Å². The van der Waals surface area contributed by atoms with Crippen molar-refractivity contribution in [2.75, 3.05) is 4.90 Å². The Morgan fingerprint density at radius 2 is 0.814 bits per heavy atom. The Balaban J connectivity index is 0.962. The van der Waals surface area contributed by atoms with E-state index in [1.54, 1.807) is 0 Å². The van der Waals surface area contributed by atoms with Gasteiger partial charge >= 0.3 is 0 Å². The van der Waals surface area contributed by atoms with Crippen LogP contribution < -0.4 is 4.90 Å². The molecular weight excluding hydrogens is 847 g/mol. The van der Waals surface area contributed by atoms with Crippen LogP contribution in [0.25, 0.3) is 120 Å². The normalized spacial score (nSPS) is 11.7. The average Bonchev–Trinajstić information content (AvgIpc) is 3.83. The second kappa shape index (κ2) is 16.2. The first-order valence-electron chi connectivity index (χ1n) is 24.1. The van der Waals surface area contributed by atoms with E-state index in [4.69, 9.17) is 4.42 Å². The maximum absolute atomic E-state index is 6.62. The Bertz CT molecular complexity index is 4340. The highest BCUT2D eigenvalue weighted by molar-refractivity contribution is 6.23.